The molecule has 0 saturated carbocycles. The molecule has 3 nitrogen and oxygen atoms in total. The molecular formula is C22H31NO2Si. The lowest BCUT2D eigenvalue weighted by Gasteiger charge is -2.50. The van der Waals surface area contributed by atoms with Crippen LogP contribution in [0.3, 0.4) is 0 Å². The van der Waals surface area contributed by atoms with Crippen molar-refractivity contribution < 1.29 is 9.53 Å². The van der Waals surface area contributed by atoms with Crippen LogP contribution in [-0.4, -0.2) is 31.5 Å². The van der Waals surface area contributed by atoms with Gasteiger partial charge >= 0.3 is 5.97 Å². The van der Waals surface area contributed by atoms with E-state index in [1.807, 2.05) is 30.3 Å². The van der Waals surface area contributed by atoms with Crippen LogP contribution in [0.15, 0.2) is 41.7 Å². The summed E-state index contributed by atoms with van der Waals surface area (Å²) in [6.07, 6.45) is 2.52. The summed E-state index contributed by atoms with van der Waals surface area (Å²) in [7, 11) is 0.721. The Balaban J connectivity index is 2.03. The summed E-state index contributed by atoms with van der Waals surface area (Å²) in [4.78, 5) is 14.6. The Kier molecular flexibility index (Phi) is 5.72. The van der Waals surface area contributed by atoms with Crippen LogP contribution in [0.5, 0.6) is 0 Å². The zero-order valence-corrected chi connectivity index (χ0v) is 18.1. The minimum Gasteiger partial charge on any atom is -0.461 e. The number of ether oxygens (including phenoxy) is 1. The van der Waals surface area contributed by atoms with E-state index in [4.69, 9.17) is 4.74 Å². The minimum absolute atomic E-state index is 0.198. The van der Waals surface area contributed by atoms with Crippen LogP contribution in [-0.2, 0) is 16.1 Å². The molecule has 0 radical (unpaired) electrons. The third kappa shape index (κ3) is 4.21. The summed E-state index contributed by atoms with van der Waals surface area (Å²) in [6.45, 7) is 13.7. The predicted octanol–water partition coefficient (Wildman–Crippen LogP) is 4.61. The van der Waals surface area contributed by atoms with E-state index in [0.29, 0.717) is 13.0 Å². The maximum absolute atomic E-state index is 12.4. The number of carbonyl (C=O) groups excluding carboxylic acids is 1. The monoisotopic (exact) mass is 369 g/mol. The van der Waals surface area contributed by atoms with E-state index in [9.17, 15) is 4.79 Å². The lowest BCUT2D eigenvalue weighted by atomic mass is 9.63. The molecule has 4 heteroatoms. The molecule has 1 aliphatic rings. The van der Waals surface area contributed by atoms with Crippen LogP contribution in [0.1, 0.15) is 32.8 Å². The van der Waals surface area contributed by atoms with Gasteiger partial charge < -0.3 is 9.64 Å². The fraction of sp³-hybridized carbons (Fsp3) is 0.500. The van der Waals surface area contributed by atoms with E-state index in [1.54, 1.807) is 0 Å². The molecule has 2 unspecified atom stereocenters. The number of hydrogen-bond donors (Lipinski definition) is 0. The van der Waals surface area contributed by atoms with Gasteiger partial charge in [-0.15, -0.1) is 0 Å². The first-order chi connectivity index (χ1) is 12.0. The lowest BCUT2D eigenvalue weighted by Crippen LogP contribution is -2.58. The quantitative estimate of drug-likeness (QED) is 0.399. The highest BCUT2D eigenvalue weighted by molar-refractivity contribution is 6.82. The zero-order chi connectivity index (χ0) is 19.6. The molecule has 0 aromatic heterocycles. The van der Waals surface area contributed by atoms with Gasteiger partial charge in [0.15, 0.2) is 0 Å². The van der Waals surface area contributed by atoms with Gasteiger partial charge in [0, 0.05) is 7.05 Å². The Labute approximate surface area is 159 Å². The Bertz CT molecular complexity index is 754. The van der Waals surface area contributed by atoms with Crippen molar-refractivity contribution in [2.75, 3.05) is 7.05 Å². The first-order valence-electron chi connectivity index (χ1n) is 9.14. The van der Waals surface area contributed by atoms with Crippen LogP contribution in [0.25, 0.3) is 0 Å². The second-order valence-electron chi connectivity index (χ2n) is 8.65. The molecule has 2 rings (SSSR count). The normalized spacial score (nSPS) is 25.0. The van der Waals surface area contributed by atoms with E-state index in [2.05, 4.69) is 70.4 Å². The summed E-state index contributed by atoms with van der Waals surface area (Å²) in [5.41, 5.74) is 0.227. The highest BCUT2D eigenvalue weighted by Crippen LogP contribution is 2.44. The molecule has 2 atom stereocenters. The van der Waals surface area contributed by atoms with E-state index in [1.165, 1.54) is 5.20 Å². The number of hydrogen-bond acceptors (Lipinski definition) is 3. The molecule has 0 amide bonds. The van der Waals surface area contributed by atoms with Crippen LogP contribution >= 0.6 is 0 Å². The van der Waals surface area contributed by atoms with Crippen molar-refractivity contribution in [1.29, 1.82) is 0 Å². The SMILES string of the molecule is C/C(=C\N(C)C1(C)C#CC1(C)CC(=O)OCc1ccccc1)[Si](C)(C)C. The van der Waals surface area contributed by atoms with Crippen molar-refractivity contribution in [3.63, 3.8) is 0 Å². The summed E-state index contributed by atoms with van der Waals surface area (Å²) >= 11 is 0. The molecule has 26 heavy (non-hydrogen) atoms. The number of allylic oxidation sites excluding steroid dienone is 1. The maximum atomic E-state index is 12.4. The lowest BCUT2D eigenvalue weighted by molar-refractivity contribution is -0.148. The second kappa shape index (κ2) is 7.32. The highest BCUT2D eigenvalue weighted by Gasteiger charge is 2.52. The second-order valence-corrected chi connectivity index (χ2v) is 13.9. The van der Waals surface area contributed by atoms with Crippen molar-refractivity contribution >= 4 is 14.0 Å². The number of nitrogens with zero attached hydrogens (tertiary/aromatic N) is 1. The highest BCUT2D eigenvalue weighted by atomic mass is 28.3. The molecular weight excluding hydrogens is 338 g/mol. The Morgan fingerprint density at radius 1 is 1.19 bits per heavy atom. The van der Waals surface area contributed by atoms with Crippen LogP contribution in [0.4, 0.5) is 0 Å². The van der Waals surface area contributed by atoms with Gasteiger partial charge in [0.2, 0.25) is 0 Å². The number of esters is 1. The van der Waals surface area contributed by atoms with Gasteiger partial charge in [0.05, 0.1) is 19.9 Å². The predicted molar refractivity (Wildman–Crippen MR) is 110 cm³/mol. The van der Waals surface area contributed by atoms with E-state index in [-0.39, 0.29) is 11.5 Å². The van der Waals surface area contributed by atoms with Gasteiger partial charge in [-0.05, 0) is 32.5 Å². The molecule has 0 fully saturated rings. The number of carbonyl (C=O) groups is 1. The molecule has 1 aromatic rings. The third-order valence-electron chi connectivity index (χ3n) is 5.67. The number of rotatable bonds is 7. The number of benzene rings is 1. The average molecular weight is 370 g/mol. The zero-order valence-electron chi connectivity index (χ0n) is 17.1. The first-order valence-corrected chi connectivity index (χ1v) is 12.6. The van der Waals surface area contributed by atoms with Crippen LogP contribution < -0.4 is 0 Å². The minimum atomic E-state index is -1.34. The standard InChI is InChI=1S/C22H31NO2Si/c1-18(26(5,6)7)16-23(4)22(3)14-13-21(22,2)15-20(24)25-17-19-11-9-8-10-12-19/h8-12,16H,15,17H2,1-7H3/b18-16+. The van der Waals surface area contributed by atoms with Crippen molar-refractivity contribution in [2.45, 2.75) is 59.0 Å². The Morgan fingerprint density at radius 2 is 1.81 bits per heavy atom. The van der Waals surface area contributed by atoms with Gasteiger partial charge in [-0.25, -0.2) is 0 Å². The van der Waals surface area contributed by atoms with Crippen LogP contribution in [0.2, 0.25) is 19.6 Å². The Morgan fingerprint density at radius 3 is 2.31 bits per heavy atom. The van der Waals surface area contributed by atoms with E-state index < -0.39 is 13.5 Å². The summed E-state index contributed by atoms with van der Waals surface area (Å²) in [5, 5.41) is 1.42. The van der Waals surface area contributed by atoms with Crippen molar-refractivity contribution in [3.05, 3.63) is 47.3 Å². The molecule has 0 saturated heterocycles. The van der Waals surface area contributed by atoms with E-state index >= 15 is 0 Å². The van der Waals surface area contributed by atoms with E-state index in [0.717, 1.165) is 5.56 Å². The summed E-state index contributed by atoms with van der Waals surface area (Å²) < 4.78 is 5.47. The molecule has 140 valence electrons. The fourth-order valence-electron chi connectivity index (χ4n) is 2.84. The third-order valence-corrected chi connectivity index (χ3v) is 8.17. The Hall–Kier alpha value is -1.99. The summed E-state index contributed by atoms with van der Waals surface area (Å²) in [5.74, 6) is 6.31. The molecule has 1 aromatic carbocycles. The largest absolute Gasteiger partial charge is 0.461 e. The first kappa shape index (κ1) is 20.3. The van der Waals surface area contributed by atoms with Crippen LogP contribution in [0, 0.1) is 17.3 Å². The average Bonchev–Trinajstić information content (AvgIpc) is 2.58. The summed E-state index contributed by atoms with van der Waals surface area (Å²) in [6, 6.07) is 9.76. The van der Waals surface area contributed by atoms with Gasteiger partial charge in [-0.1, -0.05) is 67.0 Å². The van der Waals surface area contributed by atoms with Crippen molar-refractivity contribution in [1.82, 2.24) is 4.90 Å². The fourth-order valence-corrected chi connectivity index (χ4v) is 3.42. The molecule has 0 bridgehead atoms. The van der Waals surface area contributed by atoms with Crippen molar-refractivity contribution in [2.24, 2.45) is 5.41 Å². The topological polar surface area (TPSA) is 29.5 Å². The van der Waals surface area contributed by atoms with Gasteiger partial charge in [0.25, 0.3) is 0 Å². The molecule has 0 N–H and O–H groups in total. The van der Waals surface area contributed by atoms with Gasteiger partial charge in [-0.2, -0.15) is 0 Å². The molecule has 0 spiro atoms. The van der Waals surface area contributed by atoms with Gasteiger partial charge in [-0.3, -0.25) is 4.79 Å². The van der Waals surface area contributed by atoms with Gasteiger partial charge in [0.1, 0.15) is 12.1 Å². The smallest absolute Gasteiger partial charge is 0.307 e. The maximum Gasteiger partial charge on any atom is 0.307 e. The molecule has 0 aliphatic heterocycles. The van der Waals surface area contributed by atoms with Crippen molar-refractivity contribution in [3.8, 4) is 11.8 Å². The molecule has 1 aliphatic carbocycles. The molecule has 0 heterocycles.